The van der Waals surface area contributed by atoms with Gasteiger partial charge >= 0.3 is 0 Å². The summed E-state index contributed by atoms with van der Waals surface area (Å²) >= 11 is 0. The van der Waals surface area contributed by atoms with Crippen LogP contribution in [0.15, 0.2) is 29.4 Å². The Bertz CT molecular complexity index is 390. The first kappa shape index (κ1) is 11.2. The molecule has 1 amide bonds. The van der Waals surface area contributed by atoms with Gasteiger partial charge in [-0.15, -0.1) is 0 Å². The van der Waals surface area contributed by atoms with E-state index in [-0.39, 0.29) is 0 Å². The third-order valence-electron chi connectivity index (χ3n) is 1.84. The Balaban J connectivity index is 2.80. The molecular formula is C10H12N4O. The molecule has 78 valence electrons. The number of benzene rings is 1. The fourth-order valence-corrected chi connectivity index (χ4v) is 1.22. The first-order valence-electron chi connectivity index (χ1n) is 4.46. The standard InChI is InChI=1S/C10H12N4O/c1-14(2)7-8-3-5-9(6-4-8)10(15)12-13-11/h3-6H,7H2,1-2H3. The Morgan fingerprint density at radius 3 is 2.47 bits per heavy atom. The second kappa shape index (κ2) is 5.14. The maximum absolute atomic E-state index is 11.1. The van der Waals surface area contributed by atoms with Crippen LogP contribution in [0.3, 0.4) is 0 Å². The minimum atomic E-state index is -0.547. The van der Waals surface area contributed by atoms with Crippen molar-refractivity contribution in [3.63, 3.8) is 0 Å². The van der Waals surface area contributed by atoms with Crippen molar-refractivity contribution in [2.75, 3.05) is 14.1 Å². The van der Waals surface area contributed by atoms with Crippen LogP contribution in [-0.4, -0.2) is 24.9 Å². The maximum Gasteiger partial charge on any atom is 0.249 e. The van der Waals surface area contributed by atoms with Gasteiger partial charge in [-0.05, 0) is 30.3 Å². The van der Waals surface area contributed by atoms with Crippen LogP contribution in [0.2, 0.25) is 0 Å². The summed E-state index contributed by atoms with van der Waals surface area (Å²) in [4.78, 5) is 15.6. The number of rotatable bonds is 3. The summed E-state index contributed by atoms with van der Waals surface area (Å²) in [6, 6.07) is 7.02. The third kappa shape index (κ3) is 3.42. The van der Waals surface area contributed by atoms with E-state index in [2.05, 4.69) is 10.0 Å². The van der Waals surface area contributed by atoms with Crippen molar-refractivity contribution in [3.05, 3.63) is 45.8 Å². The van der Waals surface area contributed by atoms with Gasteiger partial charge in [0.1, 0.15) is 0 Å². The van der Waals surface area contributed by atoms with E-state index in [1.165, 1.54) is 0 Å². The molecule has 5 heteroatoms. The highest BCUT2D eigenvalue weighted by molar-refractivity contribution is 5.94. The van der Waals surface area contributed by atoms with E-state index >= 15 is 0 Å². The molecule has 1 rings (SSSR count). The smallest absolute Gasteiger partial charge is 0.249 e. The molecule has 0 N–H and O–H groups in total. The number of hydrogen-bond donors (Lipinski definition) is 0. The fourth-order valence-electron chi connectivity index (χ4n) is 1.22. The highest BCUT2D eigenvalue weighted by atomic mass is 16.1. The second-order valence-electron chi connectivity index (χ2n) is 3.43. The quantitative estimate of drug-likeness (QED) is 0.430. The zero-order valence-corrected chi connectivity index (χ0v) is 8.71. The van der Waals surface area contributed by atoms with Gasteiger partial charge < -0.3 is 4.90 Å². The second-order valence-corrected chi connectivity index (χ2v) is 3.43. The molecule has 1 aromatic carbocycles. The molecule has 0 fully saturated rings. The number of carbonyl (C=O) groups is 1. The average molecular weight is 204 g/mol. The fraction of sp³-hybridized carbons (Fsp3) is 0.300. The van der Waals surface area contributed by atoms with Crippen LogP contribution in [0.4, 0.5) is 0 Å². The molecule has 0 unspecified atom stereocenters. The summed E-state index contributed by atoms with van der Waals surface area (Å²) in [5, 5.41) is 3.02. The zero-order valence-electron chi connectivity index (χ0n) is 8.71. The van der Waals surface area contributed by atoms with Crippen molar-refractivity contribution in [2.45, 2.75) is 6.54 Å². The summed E-state index contributed by atoms with van der Waals surface area (Å²) in [5.41, 5.74) is 9.62. The van der Waals surface area contributed by atoms with Crippen LogP contribution in [0.1, 0.15) is 15.9 Å². The van der Waals surface area contributed by atoms with Gasteiger partial charge in [0.25, 0.3) is 0 Å². The predicted molar refractivity (Wildman–Crippen MR) is 57.3 cm³/mol. The highest BCUT2D eigenvalue weighted by Crippen LogP contribution is 2.07. The van der Waals surface area contributed by atoms with Crippen LogP contribution in [0, 0.1) is 0 Å². The minimum absolute atomic E-state index is 0.412. The Morgan fingerprint density at radius 2 is 2.00 bits per heavy atom. The predicted octanol–water partition coefficient (Wildman–Crippen LogP) is 2.20. The zero-order chi connectivity index (χ0) is 11.3. The summed E-state index contributed by atoms with van der Waals surface area (Å²) in [5.74, 6) is -0.547. The molecule has 15 heavy (non-hydrogen) atoms. The lowest BCUT2D eigenvalue weighted by molar-refractivity contribution is 0.100. The van der Waals surface area contributed by atoms with E-state index in [9.17, 15) is 4.79 Å². The summed E-state index contributed by atoms with van der Waals surface area (Å²) in [7, 11) is 3.94. The van der Waals surface area contributed by atoms with Crippen molar-refractivity contribution in [3.8, 4) is 0 Å². The average Bonchev–Trinajstić information content (AvgIpc) is 2.18. The molecule has 0 atom stereocenters. The van der Waals surface area contributed by atoms with Crippen molar-refractivity contribution in [2.24, 2.45) is 5.11 Å². The van der Waals surface area contributed by atoms with Crippen LogP contribution < -0.4 is 0 Å². The lowest BCUT2D eigenvalue weighted by Crippen LogP contribution is -2.10. The number of amides is 1. The van der Waals surface area contributed by atoms with E-state index in [1.807, 2.05) is 31.1 Å². The first-order chi connectivity index (χ1) is 7.13. The Morgan fingerprint density at radius 1 is 1.40 bits per heavy atom. The largest absolute Gasteiger partial charge is 0.305 e. The van der Waals surface area contributed by atoms with Gasteiger partial charge in [-0.2, -0.15) is 0 Å². The van der Waals surface area contributed by atoms with Crippen LogP contribution in [0.5, 0.6) is 0 Å². The van der Waals surface area contributed by atoms with Gasteiger partial charge in [-0.25, -0.2) is 0 Å². The van der Waals surface area contributed by atoms with Crippen molar-refractivity contribution >= 4 is 5.91 Å². The van der Waals surface area contributed by atoms with Crippen molar-refractivity contribution in [1.29, 1.82) is 0 Å². The van der Waals surface area contributed by atoms with Crippen molar-refractivity contribution in [1.82, 2.24) is 4.90 Å². The number of nitrogens with zero attached hydrogens (tertiary/aromatic N) is 4. The molecule has 0 aromatic heterocycles. The summed E-state index contributed by atoms with van der Waals surface area (Å²) in [6.45, 7) is 0.815. The molecule has 0 spiro atoms. The topological polar surface area (TPSA) is 69.1 Å². The van der Waals surface area contributed by atoms with E-state index in [1.54, 1.807) is 12.1 Å². The molecule has 0 aliphatic rings. The number of hydrogen-bond acceptors (Lipinski definition) is 2. The molecule has 1 aromatic rings. The van der Waals surface area contributed by atoms with Gasteiger partial charge in [-0.1, -0.05) is 24.3 Å². The monoisotopic (exact) mass is 204 g/mol. The highest BCUT2D eigenvalue weighted by Gasteiger charge is 2.02. The molecule has 0 saturated carbocycles. The van der Waals surface area contributed by atoms with Crippen LogP contribution in [0.25, 0.3) is 10.4 Å². The lowest BCUT2D eigenvalue weighted by Gasteiger charge is -2.09. The van der Waals surface area contributed by atoms with Crippen molar-refractivity contribution < 1.29 is 4.79 Å². The Hall–Kier alpha value is -1.84. The Labute approximate surface area is 87.9 Å². The molecular weight excluding hydrogens is 192 g/mol. The maximum atomic E-state index is 11.1. The number of carbonyl (C=O) groups excluding carboxylic acids is 1. The third-order valence-corrected chi connectivity index (χ3v) is 1.84. The van der Waals surface area contributed by atoms with E-state index in [4.69, 9.17) is 5.53 Å². The molecule has 0 radical (unpaired) electrons. The van der Waals surface area contributed by atoms with Gasteiger partial charge in [0.15, 0.2) is 0 Å². The SMILES string of the molecule is CN(C)Cc1ccc(C(=O)N=[N+]=[N-])cc1. The van der Waals surface area contributed by atoms with Gasteiger partial charge in [0.2, 0.25) is 5.91 Å². The number of azide groups is 1. The minimum Gasteiger partial charge on any atom is -0.305 e. The van der Waals surface area contributed by atoms with Crippen LogP contribution >= 0.6 is 0 Å². The molecule has 0 saturated heterocycles. The molecule has 0 bridgehead atoms. The van der Waals surface area contributed by atoms with E-state index in [0.29, 0.717) is 5.56 Å². The summed E-state index contributed by atoms with van der Waals surface area (Å²) in [6.07, 6.45) is 0. The van der Waals surface area contributed by atoms with Gasteiger partial charge in [0, 0.05) is 17.0 Å². The van der Waals surface area contributed by atoms with Gasteiger partial charge in [0.05, 0.1) is 0 Å². The molecule has 5 nitrogen and oxygen atoms in total. The molecule has 0 aliphatic heterocycles. The summed E-state index contributed by atoms with van der Waals surface area (Å²) < 4.78 is 0. The van der Waals surface area contributed by atoms with E-state index in [0.717, 1.165) is 12.1 Å². The normalized spacial score (nSPS) is 9.80. The van der Waals surface area contributed by atoms with E-state index < -0.39 is 5.91 Å². The lowest BCUT2D eigenvalue weighted by atomic mass is 10.1. The molecule has 0 aliphatic carbocycles. The van der Waals surface area contributed by atoms with Gasteiger partial charge in [-0.3, -0.25) is 4.79 Å². The Kier molecular flexibility index (Phi) is 3.85. The van der Waals surface area contributed by atoms with Crippen LogP contribution in [-0.2, 0) is 6.54 Å². The first-order valence-corrected chi connectivity index (χ1v) is 4.46. The molecule has 0 heterocycles.